The van der Waals surface area contributed by atoms with Gasteiger partial charge in [-0.1, -0.05) is 95.8 Å². The first-order valence-corrected chi connectivity index (χ1v) is 14.9. The lowest BCUT2D eigenvalue weighted by Crippen LogP contribution is -2.52. The Kier molecular flexibility index (Phi) is 12.1. The van der Waals surface area contributed by atoms with E-state index >= 15 is 0 Å². The van der Waals surface area contributed by atoms with Crippen LogP contribution in [-0.2, 0) is 28.3 Å². The number of thioether (sulfide) groups is 1. The molecule has 0 bridgehead atoms. The highest BCUT2D eigenvalue weighted by molar-refractivity contribution is 7.99. The monoisotopic (exact) mass is 610 g/mol. The third-order valence-electron chi connectivity index (χ3n) is 6.14. The summed E-state index contributed by atoms with van der Waals surface area (Å²) in [5.74, 6) is 0.316. The van der Waals surface area contributed by atoms with Crippen LogP contribution in [0.25, 0.3) is 0 Å². The van der Waals surface area contributed by atoms with Crippen LogP contribution in [0.15, 0.2) is 66.7 Å². The van der Waals surface area contributed by atoms with Crippen LogP contribution in [0.2, 0.25) is 20.1 Å². The Hall–Kier alpha value is -1.89. The number of carbonyl (C=O) groups is 2. The maximum Gasteiger partial charge on any atom is 0.243 e. The molecule has 9 heteroatoms. The molecule has 0 aliphatic rings. The molecule has 2 amide bonds. The predicted octanol–water partition coefficient (Wildman–Crippen LogP) is 8.09. The van der Waals surface area contributed by atoms with E-state index in [1.807, 2.05) is 50.2 Å². The lowest BCUT2D eigenvalue weighted by Gasteiger charge is -2.32. The highest BCUT2D eigenvalue weighted by Crippen LogP contribution is 2.28. The molecule has 0 saturated carbocycles. The van der Waals surface area contributed by atoms with Crippen LogP contribution in [0, 0.1) is 0 Å². The zero-order chi connectivity index (χ0) is 27.7. The number of hydrogen-bond acceptors (Lipinski definition) is 3. The summed E-state index contributed by atoms with van der Waals surface area (Å²) in [7, 11) is 0. The molecule has 2 atom stereocenters. The van der Waals surface area contributed by atoms with E-state index in [0.29, 0.717) is 37.8 Å². The number of amides is 2. The van der Waals surface area contributed by atoms with Gasteiger partial charge in [-0.3, -0.25) is 9.59 Å². The fourth-order valence-corrected chi connectivity index (χ4v) is 5.51. The van der Waals surface area contributed by atoms with Gasteiger partial charge in [0.25, 0.3) is 0 Å². The van der Waals surface area contributed by atoms with Crippen molar-refractivity contribution in [3.63, 3.8) is 0 Å². The summed E-state index contributed by atoms with van der Waals surface area (Å²) in [4.78, 5) is 28.9. The first kappa shape index (κ1) is 30.6. The van der Waals surface area contributed by atoms with Crippen LogP contribution in [0.1, 0.15) is 37.0 Å². The second kappa shape index (κ2) is 15.0. The molecule has 4 nitrogen and oxygen atoms in total. The fraction of sp³-hybridized carbons (Fsp3) is 0.310. The van der Waals surface area contributed by atoms with Gasteiger partial charge < -0.3 is 10.2 Å². The minimum Gasteiger partial charge on any atom is -0.352 e. The number of benzene rings is 3. The normalized spacial score (nSPS) is 12.6. The Labute approximate surface area is 249 Å². The molecule has 0 spiro atoms. The van der Waals surface area contributed by atoms with E-state index in [9.17, 15) is 9.59 Å². The highest BCUT2D eigenvalue weighted by atomic mass is 35.5. The smallest absolute Gasteiger partial charge is 0.243 e. The third kappa shape index (κ3) is 8.82. The molecule has 0 aliphatic heterocycles. The van der Waals surface area contributed by atoms with Gasteiger partial charge in [-0.15, -0.1) is 11.8 Å². The molecule has 0 unspecified atom stereocenters. The standard InChI is InChI=1S/C29H30Cl4N2O2S/c1-3-19(2)34-29(37)27(15-20-8-5-4-6-9-20)35(16-22-23(30)10-7-11-24(22)31)28(36)18-38-17-21-12-13-25(32)26(33)14-21/h4-14,19,27H,3,15-18H2,1-2H3,(H,34,37)/t19-,27+/m0/s1. The predicted molar refractivity (Wildman–Crippen MR) is 161 cm³/mol. The van der Waals surface area contributed by atoms with Gasteiger partial charge in [-0.2, -0.15) is 0 Å². The summed E-state index contributed by atoms with van der Waals surface area (Å²) < 4.78 is 0. The molecule has 38 heavy (non-hydrogen) atoms. The summed E-state index contributed by atoms with van der Waals surface area (Å²) in [6.45, 7) is 4.06. The number of nitrogens with one attached hydrogen (secondary N) is 1. The second-order valence-corrected chi connectivity index (χ2v) is 11.6. The van der Waals surface area contributed by atoms with Crippen molar-refractivity contribution in [3.8, 4) is 0 Å². The van der Waals surface area contributed by atoms with Crippen LogP contribution in [-0.4, -0.2) is 34.6 Å². The summed E-state index contributed by atoms with van der Waals surface area (Å²) >= 11 is 26.6. The molecule has 0 fully saturated rings. The quantitative estimate of drug-likeness (QED) is 0.225. The van der Waals surface area contributed by atoms with Crippen LogP contribution < -0.4 is 5.32 Å². The molecule has 3 aromatic carbocycles. The highest BCUT2D eigenvalue weighted by Gasteiger charge is 2.31. The maximum absolute atomic E-state index is 13.8. The van der Waals surface area contributed by atoms with E-state index in [2.05, 4.69) is 5.32 Å². The van der Waals surface area contributed by atoms with E-state index in [0.717, 1.165) is 17.5 Å². The van der Waals surface area contributed by atoms with Crippen molar-refractivity contribution in [2.45, 2.75) is 51.1 Å². The number of carbonyl (C=O) groups excluding carboxylic acids is 2. The zero-order valence-corrected chi connectivity index (χ0v) is 25.1. The molecule has 0 radical (unpaired) electrons. The van der Waals surface area contributed by atoms with Gasteiger partial charge in [-0.25, -0.2) is 0 Å². The Balaban J connectivity index is 1.90. The molecule has 0 aromatic heterocycles. The van der Waals surface area contributed by atoms with Crippen molar-refractivity contribution >= 4 is 70.0 Å². The van der Waals surface area contributed by atoms with Crippen molar-refractivity contribution in [1.82, 2.24) is 10.2 Å². The molecule has 3 aromatic rings. The van der Waals surface area contributed by atoms with Gasteiger partial charge in [0, 0.05) is 40.4 Å². The number of rotatable bonds is 12. The van der Waals surface area contributed by atoms with Crippen molar-refractivity contribution in [2.24, 2.45) is 0 Å². The summed E-state index contributed by atoms with van der Waals surface area (Å²) in [5, 5.41) is 4.90. The molecule has 1 N–H and O–H groups in total. The average molecular weight is 612 g/mol. The van der Waals surface area contributed by atoms with Crippen LogP contribution >= 0.6 is 58.2 Å². The number of halogens is 4. The Morgan fingerprint density at radius 3 is 2.18 bits per heavy atom. The van der Waals surface area contributed by atoms with Gasteiger partial charge in [0.1, 0.15) is 6.04 Å². The third-order valence-corrected chi connectivity index (χ3v) is 8.58. The topological polar surface area (TPSA) is 49.4 Å². The van der Waals surface area contributed by atoms with Crippen molar-refractivity contribution in [2.75, 3.05) is 5.75 Å². The van der Waals surface area contributed by atoms with Crippen molar-refractivity contribution in [1.29, 1.82) is 0 Å². The van der Waals surface area contributed by atoms with E-state index in [1.54, 1.807) is 35.2 Å². The SMILES string of the molecule is CC[C@H](C)NC(=O)[C@@H](Cc1ccccc1)N(Cc1c(Cl)cccc1Cl)C(=O)CSCc1ccc(Cl)c(Cl)c1. The Morgan fingerprint density at radius 1 is 0.868 bits per heavy atom. The first-order chi connectivity index (χ1) is 18.2. The molecule has 0 saturated heterocycles. The van der Waals surface area contributed by atoms with Gasteiger partial charge in [0.15, 0.2) is 0 Å². The lowest BCUT2D eigenvalue weighted by atomic mass is 10.0. The molecule has 202 valence electrons. The fourth-order valence-electron chi connectivity index (χ4n) is 3.82. The molecule has 0 aliphatic carbocycles. The van der Waals surface area contributed by atoms with Crippen LogP contribution in [0.4, 0.5) is 0 Å². The average Bonchev–Trinajstić information content (AvgIpc) is 2.90. The maximum atomic E-state index is 13.8. The summed E-state index contributed by atoms with van der Waals surface area (Å²) in [6, 6.07) is 19.5. The first-order valence-electron chi connectivity index (χ1n) is 12.3. The molecule has 0 heterocycles. The zero-order valence-electron chi connectivity index (χ0n) is 21.2. The van der Waals surface area contributed by atoms with E-state index in [1.165, 1.54) is 11.8 Å². The van der Waals surface area contributed by atoms with Gasteiger partial charge in [0.2, 0.25) is 11.8 Å². The number of hydrogen-bond donors (Lipinski definition) is 1. The lowest BCUT2D eigenvalue weighted by molar-refractivity contribution is -0.139. The van der Waals surface area contributed by atoms with E-state index < -0.39 is 6.04 Å². The van der Waals surface area contributed by atoms with Gasteiger partial charge in [0.05, 0.1) is 15.8 Å². The Bertz CT molecular complexity index is 1220. The largest absolute Gasteiger partial charge is 0.352 e. The van der Waals surface area contributed by atoms with Crippen LogP contribution in [0.3, 0.4) is 0 Å². The molecule has 3 rings (SSSR count). The van der Waals surface area contributed by atoms with E-state index in [4.69, 9.17) is 46.4 Å². The molecular weight excluding hydrogens is 582 g/mol. The Morgan fingerprint density at radius 2 is 1.55 bits per heavy atom. The number of nitrogens with zero attached hydrogens (tertiary/aromatic N) is 1. The van der Waals surface area contributed by atoms with Gasteiger partial charge in [-0.05, 0) is 48.7 Å². The van der Waals surface area contributed by atoms with Crippen molar-refractivity contribution < 1.29 is 9.59 Å². The van der Waals surface area contributed by atoms with Crippen LogP contribution in [0.5, 0.6) is 0 Å². The van der Waals surface area contributed by atoms with E-state index in [-0.39, 0.29) is 30.2 Å². The summed E-state index contributed by atoms with van der Waals surface area (Å²) in [5.41, 5.74) is 2.50. The minimum atomic E-state index is -0.753. The van der Waals surface area contributed by atoms with Gasteiger partial charge >= 0.3 is 0 Å². The van der Waals surface area contributed by atoms with Crippen molar-refractivity contribution in [3.05, 3.63) is 104 Å². The molecular formula is C29H30Cl4N2O2S. The minimum absolute atomic E-state index is 0.0364. The summed E-state index contributed by atoms with van der Waals surface area (Å²) in [6.07, 6.45) is 1.13. The second-order valence-electron chi connectivity index (χ2n) is 8.99.